The van der Waals surface area contributed by atoms with Gasteiger partial charge in [-0.2, -0.15) is 0 Å². The lowest BCUT2D eigenvalue weighted by molar-refractivity contribution is 0.173. The summed E-state index contributed by atoms with van der Waals surface area (Å²) in [6.45, 7) is 8.23. The fourth-order valence-electron chi connectivity index (χ4n) is 4.07. The Hall–Kier alpha value is -0.0800. The van der Waals surface area contributed by atoms with Gasteiger partial charge in [-0.25, -0.2) is 0 Å². The van der Waals surface area contributed by atoms with Crippen molar-refractivity contribution in [1.82, 2.24) is 10.2 Å². The molecule has 0 spiro atoms. The Morgan fingerprint density at radius 2 is 2.11 bits per heavy atom. The van der Waals surface area contributed by atoms with Gasteiger partial charge >= 0.3 is 0 Å². The number of nitrogens with zero attached hydrogens (tertiary/aromatic N) is 1. The summed E-state index contributed by atoms with van der Waals surface area (Å²) in [5.41, 5.74) is 0. The molecule has 106 valence electrons. The van der Waals surface area contributed by atoms with Crippen LogP contribution in [0.3, 0.4) is 0 Å². The molecule has 0 saturated heterocycles. The molecule has 2 aliphatic rings. The summed E-state index contributed by atoms with van der Waals surface area (Å²) in [7, 11) is 2.34. The van der Waals surface area contributed by atoms with Gasteiger partial charge in [0.2, 0.25) is 0 Å². The first kappa shape index (κ1) is 14.3. The summed E-state index contributed by atoms with van der Waals surface area (Å²) >= 11 is 0. The highest BCUT2D eigenvalue weighted by molar-refractivity contribution is 4.91. The van der Waals surface area contributed by atoms with Gasteiger partial charge in [-0.15, -0.1) is 0 Å². The van der Waals surface area contributed by atoms with E-state index in [1.54, 1.807) is 6.42 Å². The Morgan fingerprint density at radius 1 is 1.28 bits per heavy atom. The third-order valence-corrected chi connectivity index (χ3v) is 5.38. The molecule has 4 unspecified atom stereocenters. The molecule has 18 heavy (non-hydrogen) atoms. The lowest BCUT2D eigenvalue weighted by Crippen LogP contribution is -2.35. The van der Waals surface area contributed by atoms with Gasteiger partial charge in [-0.05, 0) is 76.9 Å². The van der Waals surface area contributed by atoms with E-state index in [2.05, 4.69) is 31.1 Å². The molecule has 2 fully saturated rings. The highest BCUT2D eigenvalue weighted by atomic mass is 15.1. The zero-order valence-electron chi connectivity index (χ0n) is 12.6. The van der Waals surface area contributed by atoms with Crippen LogP contribution in [0.4, 0.5) is 0 Å². The predicted octanol–water partition coefficient (Wildman–Crippen LogP) is 3.13. The number of hydrogen-bond donors (Lipinski definition) is 1. The van der Waals surface area contributed by atoms with E-state index in [1.807, 2.05) is 0 Å². The monoisotopic (exact) mass is 252 g/mol. The van der Waals surface area contributed by atoms with Gasteiger partial charge in [0, 0.05) is 12.6 Å². The second kappa shape index (κ2) is 6.91. The van der Waals surface area contributed by atoms with Crippen LogP contribution in [0, 0.1) is 17.8 Å². The molecule has 2 nitrogen and oxygen atoms in total. The first-order valence-corrected chi connectivity index (χ1v) is 8.11. The molecule has 0 aliphatic heterocycles. The lowest BCUT2D eigenvalue weighted by Gasteiger charge is -2.31. The molecule has 0 aromatic heterocycles. The summed E-state index contributed by atoms with van der Waals surface area (Å²) in [5, 5.41) is 3.42. The minimum absolute atomic E-state index is 0.753. The topological polar surface area (TPSA) is 15.3 Å². The summed E-state index contributed by atoms with van der Waals surface area (Å²) < 4.78 is 0. The third kappa shape index (κ3) is 3.71. The van der Waals surface area contributed by atoms with Crippen LogP contribution in [-0.2, 0) is 0 Å². The highest BCUT2D eigenvalue weighted by Crippen LogP contribution is 2.48. The zero-order valence-corrected chi connectivity index (χ0v) is 12.6. The first-order chi connectivity index (χ1) is 8.70. The van der Waals surface area contributed by atoms with Gasteiger partial charge in [0.05, 0.1) is 0 Å². The van der Waals surface area contributed by atoms with Crippen molar-refractivity contribution in [1.29, 1.82) is 0 Å². The fourth-order valence-corrected chi connectivity index (χ4v) is 4.07. The van der Waals surface area contributed by atoms with Crippen LogP contribution in [0.25, 0.3) is 0 Å². The Balaban J connectivity index is 1.63. The van der Waals surface area contributed by atoms with Gasteiger partial charge in [0.15, 0.2) is 0 Å². The summed E-state index contributed by atoms with van der Waals surface area (Å²) in [6, 6.07) is 0.753. The number of nitrogens with one attached hydrogen (secondary N) is 1. The van der Waals surface area contributed by atoms with E-state index in [1.165, 1.54) is 45.2 Å². The number of rotatable bonds is 8. The van der Waals surface area contributed by atoms with Crippen LogP contribution < -0.4 is 5.32 Å². The van der Waals surface area contributed by atoms with Crippen LogP contribution in [-0.4, -0.2) is 37.6 Å². The molecule has 2 heteroatoms. The van der Waals surface area contributed by atoms with Crippen LogP contribution in [0.15, 0.2) is 0 Å². The van der Waals surface area contributed by atoms with Crippen LogP contribution in [0.1, 0.15) is 52.4 Å². The molecule has 0 aromatic carbocycles. The van der Waals surface area contributed by atoms with Crippen molar-refractivity contribution < 1.29 is 0 Å². The van der Waals surface area contributed by atoms with E-state index in [0.29, 0.717) is 0 Å². The van der Waals surface area contributed by atoms with Crippen LogP contribution in [0.5, 0.6) is 0 Å². The molecule has 0 heterocycles. The van der Waals surface area contributed by atoms with Gasteiger partial charge in [0.25, 0.3) is 0 Å². The molecule has 2 bridgehead atoms. The standard InChI is InChI=1S/C16H32N2/c1-4-17-9-5-6-13(2)18(3)12-16-11-14-7-8-15(16)10-14/h13-17H,4-12H2,1-3H3. The van der Waals surface area contributed by atoms with Gasteiger partial charge in [0.1, 0.15) is 0 Å². The molecule has 1 N–H and O–H groups in total. The highest BCUT2D eigenvalue weighted by Gasteiger charge is 2.39. The second-order valence-electron chi connectivity index (χ2n) is 6.72. The molecule has 0 aromatic rings. The summed E-state index contributed by atoms with van der Waals surface area (Å²) in [6.07, 6.45) is 8.79. The zero-order chi connectivity index (χ0) is 13.0. The third-order valence-electron chi connectivity index (χ3n) is 5.38. The molecule has 0 radical (unpaired) electrons. The molecule has 0 amide bonds. The van der Waals surface area contributed by atoms with Crippen molar-refractivity contribution in [3.05, 3.63) is 0 Å². The fraction of sp³-hybridized carbons (Fsp3) is 1.00. The van der Waals surface area contributed by atoms with E-state index in [-0.39, 0.29) is 0 Å². The van der Waals surface area contributed by atoms with Crippen molar-refractivity contribution >= 4 is 0 Å². The van der Waals surface area contributed by atoms with Crippen LogP contribution >= 0.6 is 0 Å². The van der Waals surface area contributed by atoms with Gasteiger partial charge in [-0.1, -0.05) is 13.3 Å². The minimum Gasteiger partial charge on any atom is -0.317 e. The average Bonchev–Trinajstić information content (AvgIpc) is 2.96. The average molecular weight is 252 g/mol. The van der Waals surface area contributed by atoms with E-state index >= 15 is 0 Å². The Bertz CT molecular complexity index is 241. The van der Waals surface area contributed by atoms with Crippen molar-refractivity contribution in [3.63, 3.8) is 0 Å². The Kier molecular flexibility index (Phi) is 5.50. The summed E-state index contributed by atoms with van der Waals surface area (Å²) in [5.74, 6) is 3.19. The molecule has 2 saturated carbocycles. The smallest absolute Gasteiger partial charge is 0.00644 e. The first-order valence-electron chi connectivity index (χ1n) is 8.11. The minimum atomic E-state index is 0.753. The second-order valence-corrected chi connectivity index (χ2v) is 6.72. The lowest BCUT2D eigenvalue weighted by atomic mass is 9.88. The maximum atomic E-state index is 3.42. The van der Waals surface area contributed by atoms with Crippen molar-refractivity contribution in [3.8, 4) is 0 Å². The van der Waals surface area contributed by atoms with E-state index in [9.17, 15) is 0 Å². The maximum absolute atomic E-state index is 3.42. The molecular weight excluding hydrogens is 220 g/mol. The normalized spacial score (nSPS) is 32.3. The Labute approximate surface area is 114 Å². The van der Waals surface area contributed by atoms with Crippen molar-refractivity contribution in [2.24, 2.45) is 17.8 Å². The largest absolute Gasteiger partial charge is 0.317 e. The van der Waals surface area contributed by atoms with Crippen molar-refractivity contribution in [2.45, 2.75) is 58.4 Å². The number of fused-ring (bicyclic) bond motifs is 2. The number of hydrogen-bond acceptors (Lipinski definition) is 2. The van der Waals surface area contributed by atoms with E-state index in [0.717, 1.165) is 30.3 Å². The molecule has 4 atom stereocenters. The van der Waals surface area contributed by atoms with E-state index < -0.39 is 0 Å². The molecule has 2 rings (SSSR count). The molecular formula is C16H32N2. The Morgan fingerprint density at radius 3 is 2.72 bits per heavy atom. The van der Waals surface area contributed by atoms with Crippen LogP contribution in [0.2, 0.25) is 0 Å². The van der Waals surface area contributed by atoms with E-state index in [4.69, 9.17) is 0 Å². The predicted molar refractivity (Wildman–Crippen MR) is 78.8 cm³/mol. The summed E-state index contributed by atoms with van der Waals surface area (Å²) in [4.78, 5) is 2.62. The van der Waals surface area contributed by atoms with Crippen molar-refractivity contribution in [2.75, 3.05) is 26.7 Å². The molecule has 2 aliphatic carbocycles. The SMILES string of the molecule is CCNCCCC(C)N(C)CC1CC2CCC1C2. The maximum Gasteiger partial charge on any atom is 0.00644 e. The quantitative estimate of drug-likeness (QED) is 0.668. The van der Waals surface area contributed by atoms with Gasteiger partial charge < -0.3 is 10.2 Å². The van der Waals surface area contributed by atoms with Gasteiger partial charge in [-0.3, -0.25) is 0 Å².